The fourth-order valence-corrected chi connectivity index (χ4v) is 5.30. The smallest absolute Gasteiger partial charge is 0.214 e. The first-order chi connectivity index (χ1) is 8.49. The van der Waals surface area contributed by atoms with Crippen molar-refractivity contribution in [1.82, 2.24) is 9.62 Å². The van der Waals surface area contributed by atoms with Gasteiger partial charge in [-0.15, -0.1) is 0 Å². The molecule has 106 valence electrons. The predicted molar refractivity (Wildman–Crippen MR) is 73.9 cm³/mol. The first kappa shape index (κ1) is 14.3. The Morgan fingerprint density at radius 1 is 1.22 bits per heavy atom. The Morgan fingerprint density at radius 3 is 2.67 bits per heavy atom. The van der Waals surface area contributed by atoms with Crippen LogP contribution in [0.5, 0.6) is 0 Å². The topological polar surface area (TPSA) is 49.4 Å². The number of hydrogen-bond donors (Lipinski definition) is 1. The van der Waals surface area contributed by atoms with Gasteiger partial charge in [0.25, 0.3) is 0 Å². The van der Waals surface area contributed by atoms with Gasteiger partial charge in [-0.1, -0.05) is 6.92 Å². The molecule has 2 aliphatic rings. The number of piperidine rings is 2. The lowest BCUT2D eigenvalue weighted by atomic mass is 9.97. The zero-order valence-electron chi connectivity index (χ0n) is 11.6. The summed E-state index contributed by atoms with van der Waals surface area (Å²) in [6.07, 6.45) is 4.30. The molecule has 0 aromatic carbocycles. The van der Waals surface area contributed by atoms with Crippen molar-refractivity contribution in [2.75, 3.05) is 25.4 Å². The maximum atomic E-state index is 12.5. The van der Waals surface area contributed by atoms with E-state index in [2.05, 4.69) is 12.2 Å². The highest BCUT2D eigenvalue weighted by molar-refractivity contribution is 7.89. The second-order valence-corrected chi connectivity index (χ2v) is 8.06. The molecule has 0 radical (unpaired) electrons. The van der Waals surface area contributed by atoms with Crippen LogP contribution in [-0.4, -0.2) is 44.2 Å². The summed E-state index contributed by atoms with van der Waals surface area (Å²) in [5.41, 5.74) is 0. The van der Waals surface area contributed by atoms with Gasteiger partial charge in [-0.05, 0) is 57.5 Å². The van der Waals surface area contributed by atoms with Crippen LogP contribution in [-0.2, 0) is 10.0 Å². The Kier molecular flexibility index (Phi) is 4.67. The highest BCUT2D eigenvalue weighted by Gasteiger charge is 2.34. The summed E-state index contributed by atoms with van der Waals surface area (Å²) in [5, 5.41) is 3.30. The zero-order chi connectivity index (χ0) is 13.2. The van der Waals surface area contributed by atoms with Gasteiger partial charge in [0.05, 0.1) is 5.75 Å². The van der Waals surface area contributed by atoms with Gasteiger partial charge >= 0.3 is 0 Å². The quantitative estimate of drug-likeness (QED) is 0.847. The molecular formula is C13H26N2O2S. The second-order valence-electron chi connectivity index (χ2n) is 6.09. The SMILES string of the molecule is CC1CCC(C)N(S(=O)(=O)CC2CCCNC2)C1. The molecule has 5 heteroatoms. The van der Waals surface area contributed by atoms with Gasteiger partial charge in [-0.25, -0.2) is 8.42 Å². The van der Waals surface area contributed by atoms with E-state index in [9.17, 15) is 8.42 Å². The highest BCUT2D eigenvalue weighted by Crippen LogP contribution is 2.26. The molecule has 2 aliphatic heterocycles. The number of nitrogens with one attached hydrogen (secondary N) is 1. The minimum atomic E-state index is -3.07. The largest absolute Gasteiger partial charge is 0.316 e. The van der Waals surface area contributed by atoms with E-state index in [4.69, 9.17) is 0 Å². The van der Waals surface area contributed by atoms with Gasteiger partial charge in [0, 0.05) is 12.6 Å². The number of rotatable bonds is 3. The molecule has 2 heterocycles. The molecule has 0 aliphatic carbocycles. The first-order valence-corrected chi connectivity index (χ1v) is 8.80. The first-order valence-electron chi connectivity index (χ1n) is 7.19. The molecular weight excluding hydrogens is 248 g/mol. The number of sulfonamides is 1. The summed E-state index contributed by atoms with van der Waals surface area (Å²) in [5.74, 6) is 1.13. The van der Waals surface area contributed by atoms with E-state index in [0.717, 1.165) is 38.8 Å². The van der Waals surface area contributed by atoms with Crippen molar-refractivity contribution >= 4 is 10.0 Å². The fraction of sp³-hybridized carbons (Fsp3) is 1.00. The van der Waals surface area contributed by atoms with E-state index in [1.807, 2.05) is 6.92 Å². The van der Waals surface area contributed by atoms with Crippen LogP contribution in [0.4, 0.5) is 0 Å². The lowest BCUT2D eigenvalue weighted by molar-refractivity contribution is 0.216. The van der Waals surface area contributed by atoms with Crippen LogP contribution in [0.15, 0.2) is 0 Å². The number of nitrogens with zero attached hydrogens (tertiary/aromatic N) is 1. The minimum Gasteiger partial charge on any atom is -0.316 e. The standard InChI is InChI=1S/C13H26N2O2S/c1-11-5-6-12(2)15(9-11)18(16,17)10-13-4-3-7-14-8-13/h11-14H,3-10H2,1-2H3. The maximum Gasteiger partial charge on any atom is 0.214 e. The molecule has 3 atom stereocenters. The van der Waals surface area contributed by atoms with Crippen molar-refractivity contribution in [3.05, 3.63) is 0 Å². The normalized spacial score (nSPS) is 35.6. The highest BCUT2D eigenvalue weighted by atomic mass is 32.2. The van der Waals surface area contributed by atoms with E-state index >= 15 is 0 Å². The average Bonchev–Trinajstić information content (AvgIpc) is 2.33. The zero-order valence-corrected chi connectivity index (χ0v) is 12.4. The predicted octanol–water partition coefficient (Wildman–Crippen LogP) is 1.44. The Labute approximate surface area is 111 Å². The van der Waals surface area contributed by atoms with Crippen molar-refractivity contribution in [2.24, 2.45) is 11.8 Å². The molecule has 0 spiro atoms. The molecule has 2 rings (SSSR count). The lowest BCUT2D eigenvalue weighted by Crippen LogP contribution is -2.47. The van der Waals surface area contributed by atoms with Gasteiger partial charge < -0.3 is 5.32 Å². The van der Waals surface area contributed by atoms with Crippen molar-refractivity contribution in [3.8, 4) is 0 Å². The van der Waals surface area contributed by atoms with E-state index in [1.54, 1.807) is 4.31 Å². The molecule has 1 N–H and O–H groups in total. The van der Waals surface area contributed by atoms with E-state index < -0.39 is 10.0 Å². The minimum absolute atomic E-state index is 0.183. The van der Waals surface area contributed by atoms with Gasteiger partial charge in [-0.2, -0.15) is 4.31 Å². The van der Waals surface area contributed by atoms with E-state index in [-0.39, 0.29) is 6.04 Å². The van der Waals surface area contributed by atoms with Crippen LogP contribution >= 0.6 is 0 Å². The van der Waals surface area contributed by atoms with E-state index in [1.165, 1.54) is 0 Å². The van der Waals surface area contributed by atoms with Gasteiger partial charge in [-0.3, -0.25) is 0 Å². The Hall–Kier alpha value is -0.130. The third-order valence-electron chi connectivity index (χ3n) is 4.26. The summed E-state index contributed by atoms with van der Waals surface area (Å²) in [6, 6.07) is 0.183. The van der Waals surface area contributed by atoms with Crippen LogP contribution in [0.3, 0.4) is 0 Å². The monoisotopic (exact) mass is 274 g/mol. The molecule has 4 nitrogen and oxygen atoms in total. The van der Waals surface area contributed by atoms with Gasteiger partial charge in [0.1, 0.15) is 0 Å². The van der Waals surface area contributed by atoms with Crippen LogP contribution < -0.4 is 5.32 Å². The second kappa shape index (κ2) is 5.88. The molecule has 0 saturated carbocycles. The van der Waals surface area contributed by atoms with Crippen LogP contribution in [0.25, 0.3) is 0 Å². The van der Waals surface area contributed by atoms with Crippen molar-refractivity contribution in [3.63, 3.8) is 0 Å². The van der Waals surface area contributed by atoms with Gasteiger partial charge in [0.2, 0.25) is 10.0 Å². The van der Waals surface area contributed by atoms with Crippen molar-refractivity contribution < 1.29 is 8.42 Å². The van der Waals surface area contributed by atoms with Gasteiger partial charge in [0.15, 0.2) is 0 Å². The summed E-state index contributed by atoms with van der Waals surface area (Å²) < 4.78 is 26.8. The summed E-state index contributed by atoms with van der Waals surface area (Å²) in [6.45, 7) is 6.80. The Balaban J connectivity index is 2.00. The lowest BCUT2D eigenvalue weighted by Gasteiger charge is -2.37. The van der Waals surface area contributed by atoms with Crippen LogP contribution in [0.1, 0.15) is 39.5 Å². The molecule has 2 fully saturated rings. The molecule has 3 unspecified atom stereocenters. The molecule has 0 aromatic heterocycles. The fourth-order valence-electron chi connectivity index (χ4n) is 3.10. The molecule has 0 aromatic rings. The summed E-state index contributed by atoms with van der Waals surface area (Å²) in [7, 11) is -3.07. The molecule has 2 saturated heterocycles. The molecule has 0 bridgehead atoms. The van der Waals surface area contributed by atoms with Crippen molar-refractivity contribution in [1.29, 1.82) is 0 Å². The van der Waals surface area contributed by atoms with Crippen molar-refractivity contribution in [2.45, 2.75) is 45.6 Å². The summed E-state index contributed by atoms with van der Waals surface area (Å²) >= 11 is 0. The number of hydrogen-bond acceptors (Lipinski definition) is 3. The van der Waals surface area contributed by atoms with Crippen LogP contribution in [0.2, 0.25) is 0 Å². The van der Waals surface area contributed by atoms with Crippen LogP contribution in [0, 0.1) is 11.8 Å². The maximum absolute atomic E-state index is 12.5. The third kappa shape index (κ3) is 3.45. The Bertz CT molecular complexity index is 363. The molecule has 18 heavy (non-hydrogen) atoms. The average molecular weight is 274 g/mol. The summed E-state index contributed by atoms with van der Waals surface area (Å²) in [4.78, 5) is 0. The Morgan fingerprint density at radius 2 is 2.00 bits per heavy atom. The molecule has 0 amide bonds. The van der Waals surface area contributed by atoms with E-state index in [0.29, 0.717) is 24.1 Å². The third-order valence-corrected chi connectivity index (χ3v) is 6.38.